The highest BCUT2D eigenvalue weighted by atomic mass is 16.5. The number of nitrogens with zero attached hydrogens (tertiary/aromatic N) is 1. The molecule has 3 N–H and O–H groups in total. The van der Waals surface area contributed by atoms with E-state index in [1.54, 1.807) is 7.11 Å². The van der Waals surface area contributed by atoms with Crippen LogP contribution in [0, 0.1) is 0 Å². The van der Waals surface area contributed by atoms with E-state index in [2.05, 4.69) is 28.2 Å². The van der Waals surface area contributed by atoms with E-state index >= 15 is 0 Å². The van der Waals surface area contributed by atoms with Gasteiger partial charge in [-0.2, -0.15) is 0 Å². The Kier molecular flexibility index (Phi) is 4.07. The van der Waals surface area contributed by atoms with Crippen molar-refractivity contribution in [3.8, 4) is 5.75 Å². The zero-order chi connectivity index (χ0) is 15.7. The standard InChI is InChI=1S/C17H23N3O2/c1-11(17(18)21)20-7-5-12(6-8-20)15-10-19-16-4-3-13(22-2)9-14(15)16/h3-4,9-12,19H,5-8H2,1-2H3,(H2,18,21)/t11-/m1/s1. The van der Waals surface area contributed by atoms with Gasteiger partial charge in [0, 0.05) is 17.1 Å². The van der Waals surface area contributed by atoms with Crippen LogP contribution in [0.25, 0.3) is 10.9 Å². The molecule has 1 aromatic heterocycles. The van der Waals surface area contributed by atoms with Crippen LogP contribution >= 0.6 is 0 Å². The molecule has 1 atom stereocenters. The fourth-order valence-corrected chi connectivity index (χ4v) is 3.36. The second-order valence-electron chi connectivity index (χ2n) is 6.04. The minimum Gasteiger partial charge on any atom is -0.497 e. The number of aromatic amines is 1. The second kappa shape index (κ2) is 6.01. The highest BCUT2D eigenvalue weighted by Gasteiger charge is 2.27. The first-order valence-corrected chi connectivity index (χ1v) is 7.78. The maximum absolute atomic E-state index is 11.3. The molecular weight excluding hydrogens is 278 g/mol. The molecule has 118 valence electrons. The summed E-state index contributed by atoms with van der Waals surface area (Å²) in [7, 11) is 1.69. The Morgan fingerprint density at radius 3 is 2.77 bits per heavy atom. The number of likely N-dealkylation sites (tertiary alicyclic amines) is 1. The van der Waals surface area contributed by atoms with Crippen LogP contribution in [0.15, 0.2) is 24.4 Å². The molecule has 0 saturated carbocycles. The number of ether oxygens (including phenoxy) is 1. The first kappa shape index (κ1) is 14.9. The molecule has 1 aliphatic heterocycles. The first-order chi connectivity index (χ1) is 10.6. The quantitative estimate of drug-likeness (QED) is 0.909. The van der Waals surface area contributed by atoms with Crippen LogP contribution in [0.4, 0.5) is 0 Å². The Morgan fingerprint density at radius 1 is 1.41 bits per heavy atom. The number of nitrogens with two attached hydrogens (primary N) is 1. The van der Waals surface area contributed by atoms with Crippen molar-refractivity contribution < 1.29 is 9.53 Å². The fraction of sp³-hybridized carbons (Fsp3) is 0.471. The highest BCUT2D eigenvalue weighted by Crippen LogP contribution is 2.35. The van der Waals surface area contributed by atoms with Crippen molar-refractivity contribution in [3.05, 3.63) is 30.0 Å². The molecule has 1 aromatic carbocycles. The third-order valence-corrected chi connectivity index (χ3v) is 4.85. The lowest BCUT2D eigenvalue weighted by atomic mass is 9.88. The number of hydrogen-bond acceptors (Lipinski definition) is 3. The number of hydrogen-bond donors (Lipinski definition) is 2. The van der Waals surface area contributed by atoms with E-state index in [4.69, 9.17) is 10.5 Å². The molecule has 0 spiro atoms. The third kappa shape index (κ3) is 2.68. The zero-order valence-corrected chi connectivity index (χ0v) is 13.1. The summed E-state index contributed by atoms with van der Waals surface area (Å²) >= 11 is 0. The van der Waals surface area contributed by atoms with Crippen LogP contribution in [0.5, 0.6) is 5.75 Å². The van der Waals surface area contributed by atoms with Gasteiger partial charge in [-0.05, 0) is 62.5 Å². The Balaban J connectivity index is 1.77. The van der Waals surface area contributed by atoms with Gasteiger partial charge in [-0.15, -0.1) is 0 Å². The van der Waals surface area contributed by atoms with Crippen LogP contribution in [-0.4, -0.2) is 42.0 Å². The van der Waals surface area contributed by atoms with Gasteiger partial charge in [0.15, 0.2) is 0 Å². The van der Waals surface area contributed by atoms with Crippen molar-refractivity contribution >= 4 is 16.8 Å². The molecule has 5 nitrogen and oxygen atoms in total. The number of piperidine rings is 1. The summed E-state index contributed by atoms with van der Waals surface area (Å²) in [6, 6.07) is 5.95. The molecule has 2 aromatic rings. The third-order valence-electron chi connectivity index (χ3n) is 4.85. The molecule has 0 aliphatic carbocycles. The summed E-state index contributed by atoms with van der Waals surface area (Å²) in [4.78, 5) is 16.8. The molecular formula is C17H23N3O2. The topological polar surface area (TPSA) is 71.3 Å². The lowest BCUT2D eigenvalue weighted by molar-refractivity contribution is -0.123. The highest BCUT2D eigenvalue weighted by molar-refractivity contribution is 5.85. The van der Waals surface area contributed by atoms with Gasteiger partial charge in [-0.25, -0.2) is 0 Å². The van der Waals surface area contributed by atoms with E-state index in [9.17, 15) is 4.79 Å². The Bertz CT molecular complexity index is 672. The normalized spacial score (nSPS) is 18.5. The number of primary amides is 1. The van der Waals surface area contributed by atoms with Gasteiger partial charge in [0.05, 0.1) is 13.2 Å². The van der Waals surface area contributed by atoms with Gasteiger partial charge in [0.1, 0.15) is 5.75 Å². The van der Waals surface area contributed by atoms with Crippen LogP contribution in [-0.2, 0) is 4.79 Å². The van der Waals surface area contributed by atoms with Crippen molar-refractivity contribution in [3.63, 3.8) is 0 Å². The summed E-state index contributed by atoms with van der Waals surface area (Å²) in [6.07, 6.45) is 4.20. The lowest BCUT2D eigenvalue weighted by Crippen LogP contribution is -2.46. The van der Waals surface area contributed by atoms with Crippen molar-refractivity contribution in [2.24, 2.45) is 5.73 Å². The van der Waals surface area contributed by atoms with Gasteiger partial charge in [0.2, 0.25) is 5.91 Å². The van der Waals surface area contributed by atoms with Gasteiger partial charge in [0.25, 0.3) is 0 Å². The van der Waals surface area contributed by atoms with Crippen molar-refractivity contribution in [1.82, 2.24) is 9.88 Å². The van der Waals surface area contributed by atoms with E-state index in [0.717, 1.165) is 37.2 Å². The molecule has 22 heavy (non-hydrogen) atoms. The number of nitrogens with one attached hydrogen (secondary N) is 1. The van der Waals surface area contributed by atoms with Gasteiger partial charge in [-0.3, -0.25) is 9.69 Å². The molecule has 1 amide bonds. The van der Waals surface area contributed by atoms with Gasteiger partial charge in [-0.1, -0.05) is 0 Å². The number of H-pyrrole nitrogens is 1. The average Bonchev–Trinajstić information content (AvgIpc) is 2.97. The van der Waals surface area contributed by atoms with Crippen molar-refractivity contribution in [1.29, 1.82) is 0 Å². The van der Waals surface area contributed by atoms with Crippen molar-refractivity contribution in [2.45, 2.75) is 31.7 Å². The van der Waals surface area contributed by atoms with Crippen molar-refractivity contribution in [2.75, 3.05) is 20.2 Å². The van der Waals surface area contributed by atoms with E-state index in [1.165, 1.54) is 10.9 Å². The van der Waals surface area contributed by atoms with E-state index in [1.807, 2.05) is 13.0 Å². The molecule has 0 radical (unpaired) electrons. The number of methoxy groups -OCH3 is 1. The minimum atomic E-state index is -0.240. The largest absolute Gasteiger partial charge is 0.497 e. The number of carbonyl (C=O) groups is 1. The van der Waals surface area contributed by atoms with Gasteiger partial charge < -0.3 is 15.5 Å². The number of benzene rings is 1. The monoisotopic (exact) mass is 301 g/mol. The predicted molar refractivity (Wildman–Crippen MR) is 87.1 cm³/mol. The molecule has 2 heterocycles. The number of amides is 1. The smallest absolute Gasteiger partial charge is 0.234 e. The maximum atomic E-state index is 11.3. The van der Waals surface area contributed by atoms with Crippen LogP contribution in [0.1, 0.15) is 31.2 Å². The summed E-state index contributed by atoms with van der Waals surface area (Å²) in [5.41, 5.74) is 7.89. The van der Waals surface area contributed by atoms with Crippen LogP contribution in [0.2, 0.25) is 0 Å². The summed E-state index contributed by atoms with van der Waals surface area (Å²) in [6.45, 7) is 3.70. The molecule has 1 saturated heterocycles. The molecule has 3 rings (SSSR count). The summed E-state index contributed by atoms with van der Waals surface area (Å²) in [5.74, 6) is 1.15. The molecule has 1 fully saturated rings. The Labute approximate surface area is 130 Å². The SMILES string of the molecule is COc1ccc2[nH]cc(C3CCN([C@H](C)C(N)=O)CC3)c2c1. The fourth-order valence-electron chi connectivity index (χ4n) is 3.36. The Hall–Kier alpha value is -2.01. The van der Waals surface area contributed by atoms with Gasteiger partial charge >= 0.3 is 0 Å². The summed E-state index contributed by atoms with van der Waals surface area (Å²) in [5, 5.41) is 1.24. The van der Waals surface area contributed by atoms with E-state index < -0.39 is 0 Å². The van der Waals surface area contributed by atoms with Crippen LogP contribution in [0.3, 0.4) is 0 Å². The molecule has 0 bridgehead atoms. The molecule has 0 unspecified atom stereocenters. The Morgan fingerprint density at radius 2 is 2.14 bits per heavy atom. The molecule has 1 aliphatic rings. The van der Waals surface area contributed by atoms with E-state index in [-0.39, 0.29) is 11.9 Å². The summed E-state index contributed by atoms with van der Waals surface area (Å²) < 4.78 is 5.34. The number of aromatic nitrogens is 1. The molecule has 5 heteroatoms. The first-order valence-electron chi connectivity index (χ1n) is 7.78. The van der Waals surface area contributed by atoms with Crippen LogP contribution < -0.4 is 10.5 Å². The average molecular weight is 301 g/mol. The van der Waals surface area contributed by atoms with E-state index in [0.29, 0.717) is 5.92 Å². The number of rotatable bonds is 4. The number of carbonyl (C=O) groups excluding carboxylic acids is 1. The number of fused-ring (bicyclic) bond motifs is 1. The predicted octanol–water partition coefficient (Wildman–Crippen LogP) is 2.23. The second-order valence-corrected chi connectivity index (χ2v) is 6.04. The lowest BCUT2D eigenvalue weighted by Gasteiger charge is -2.34. The maximum Gasteiger partial charge on any atom is 0.234 e. The zero-order valence-electron chi connectivity index (χ0n) is 13.1. The minimum absolute atomic E-state index is 0.177.